The predicted molar refractivity (Wildman–Crippen MR) is 195 cm³/mol. The summed E-state index contributed by atoms with van der Waals surface area (Å²) < 4.78 is 22.3. The van der Waals surface area contributed by atoms with Crippen LogP contribution < -0.4 is 10.1 Å². The number of benzene rings is 1. The number of aldehydes is 1. The van der Waals surface area contributed by atoms with Crippen molar-refractivity contribution in [2.24, 2.45) is 23.7 Å². The predicted octanol–water partition coefficient (Wildman–Crippen LogP) is 3.96. The maximum Gasteiger partial charge on any atom is 0.302 e. The molecule has 1 aliphatic heterocycles. The molecule has 0 spiro atoms. The van der Waals surface area contributed by atoms with E-state index in [1.54, 1.807) is 39.8 Å². The second-order valence-corrected chi connectivity index (χ2v) is 14.0. The van der Waals surface area contributed by atoms with E-state index in [1.807, 2.05) is 0 Å². The number of ether oxygens (including phenoxy) is 4. The Morgan fingerprint density at radius 3 is 1.78 bits per heavy atom. The average Bonchev–Trinajstić information content (AvgIpc) is 3.34. The molecule has 8 atom stereocenters. The minimum absolute atomic E-state index is 0.0514. The standard InChI is InChI=1S/C40H47NO14/c1-18(34(52-24(7)43)22(5)36(54-26(9)45)23(6)35(53-25(8)44)19(2)15-12-16-42)13-11-14-20(3)39(50)41-27-17-28(46)29-30(33(27)48)32(47)21(4)37-31(29)38(49)40(10,51)55-37/h11-19,22-23,34-36,47,51H,1-10H3,(H,41,50)/b13-11+,15-12+,20-14-/t18-,19+,22+,23-,34-,35+,36+,40-/m0/s1. The number of ketones is 3. The molecule has 2 aliphatic rings. The summed E-state index contributed by atoms with van der Waals surface area (Å²) in [6.45, 7) is 14.4. The van der Waals surface area contributed by atoms with Crippen molar-refractivity contribution in [2.75, 3.05) is 0 Å². The van der Waals surface area contributed by atoms with E-state index in [9.17, 15) is 48.6 Å². The normalized spacial score (nSPS) is 20.6. The Hall–Kier alpha value is -5.70. The molecule has 55 heavy (non-hydrogen) atoms. The summed E-state index contributed by atoms with van der Waals surface area (Å²) in [6, 6.07) is 0. The van der Waals surface area contributed by atoms with Gasteiger partial charge in [-0.15, -0.1) is 0 Å². The van der Waals surface area contributed by atoms with Crippen molar-refractivity contribution < 1.29 is 67.5 Å². The van der Waals surface area contributed by atoms with E-state index < -0.39 is 112 Å². The minimum Gasteiger partial charge on any atom is -0.507 e. The number of amides is 1. The van der Waals surface area contributed by atoms with E-state index >= 15 is 0 Å². The maximum atomic E-state index is 13.5. The molecule has 1 aliphatic carbocycles. The van der Waals surface area contributed by atoms with E-state index in [0.717, 1.165) is 13.0 Å². The third-order valence-corrected chi connectivity index (χ3v) is 9.48. The van der Waals surface area contributed by atoms with Crippen molar-refractivity contribution in [1.82, 2.24) is 5.32 Å². The fourth-order valence-corrected chi connectivity index (χ4v) is 6.77. The lowest BCUT2D eigenvalue weighted by Crippen LogP contribution is -2.47. The zero-order valence-corrected chi connectivity index (χ0v) is 32.4. The highest BCUT2D eigenvalue weighted by molar-refractivity contribution is 6.30. The van der Waals surface area contributed by atoms with Gasteiger partial charge >= 0.3 is 17.9 Å². The molecule has 1 aromatic rings. The van der Waals surface area contributed by atoms with Gasteiger partial charge in [-0.1, -0.05) is 52.0 Å². The summed E-state index contributed by atoms with van der Waals surface area (Å²) >= 11 is 0. The van der Waals surface area contributed by atoms with Gasteiger partial charge in [-0.2, -0.15) is 0 Å². The van der Waals surface area contributed by atoms with Gasteiger partial charge in [0.25, 0.3) is 11.7 Å². The first-order valence-electron chi connectivity index (χ1n) is 17.5. The number of fused-ring (bicyclic) bond motifs is 3. The molecular weight excluding hydrogens is 718 g/mol. The van der Waals surface area contributed by atoms with Crippen LogP contribution in [0.2, 0.25) is 0 Å². The van der Waals surface area contributed by atoms with Crippen LogP contribution in [0.3, 0.4) is 0 Å². The van der Waals surface area contributed by atoms with Gasteiger partial charge in [0.2, 0.25) is 11.6 Å². The van der Waals surface area contributed by atoms with Gasteiger partial charge in [0, 0.05) is 68.6 Å². The summed E-state index contributed by atoms with van der Waals surface area (Å²) in [4.78, 5) is 100. The van der Waals surface area contributed by atoms with Crippen LogP contribution in [0.1, 0.15) is 99.0 Å². The van der Waals surface area contributed by atoms with E-state index in [1.165, 1.54) is 52.8 Å². The van der Waals surface area contributed by atoms with Gasteiger partial charge < -0.3 is 34.5 Å². The van der Waals surface area contributed by atoms with Crippen molar-refractivity contribution in [2.45, 2.75) is 93.3 Å². The van der Waals surface area contributed by atoms with E-state index in [0.29, 0.717) is 6.29 Å². The number of esters is 3. The van der Waals surface area contributed by atoms with Gasteiger partial charge in [0.1, 0.15) is 36.1 Å². The lowest BCUT2D eigenvalue weighted by molar-refractivity contribution is -0.172. The molecule has 0 saturated heterocycles. The molecule has 1 amide bonds. The van der Waals surface area contributed by atoms with Crippen molar-refractivity contribution in [3.63, 3.8) is 0 Å². The molecule has 0 aromatic heterocycles. The number of carbonyl (C=O) groups is 8. The molecule has 15 heteroatoms. The van der Waals surface area contributed by atoms with Gasteiger partial charge in [-0.3, -0.25) is 38.4 Å². The van der Waals surface area contributed by atoms with E-state index in [2.05, 4.69) is 5.32 Å². The zero-order chi connectivity index (χ0) is 41.7. The van der Waals surface area contributed by atoms with E-state index in [4.69, 9.17) is 18.9 Å². The minimum atomic E-state index is -2.31. The number of hydrogen-bond donors (Lipinski definition) is 3. The van der Waals surface area contributed by atoms with Crippen LogP contribution in [-0.4, -0.2) is 81.8 Å². The van der Waals surface area contributed by atoms with Crippen LogP contribution in [0.4, 0.5) is 0 Å². The number of Topliss-reactive ketones (excluding diaryl/α,β-unsaturated/α-hetero) is 2. The monoisotopic (exact) mass is 765 g/mol. The second kappa shape index (κ2) is 17.6. The Labute approximate surface area is 318 Å². The molecule has 0 saturated carbocycles. The number of phenolic OH excluding ortho intramolecular Hbond substituents is 1. The first-order chi connectivity index (χ1) is 25.5. The number of aromatic hydroxyl groups is 1. The van der Waals surface area contributed by atoms with Crippen LogP contribution in [0, 0.1) is 30.6 Å². The molecule has 3 rings (SSSR count). The molecule has 0 radical (unpaired) electrons. The van der Waals surface area contributed by atoms with Crippen LogP contribution in [-0.2, 0) is 38.2 Å². The maximum absolute atomic E-state index is 13.5. The Bertz CT molecular complexity index is 1920. The molecule has 1 aromatic carbocycles. The zero-order valence-electron chi connectivity index (χ0n) is 32.4. The molecular formula is C40H47NO14. The number of hydrogen-bond acceptors (Lipinski definition) is 14. The van der Waals surface area contributed by atoms with Crippen LogP contribution in [0.25, 0.3) is 0 Å². The topological polar surface area (TPSA) is 226 Å². The highest BCUT2D eigenvalue weighted by Crippen LogP contribution is 2.46. The van der Waals surface area contributed by atoms with Crippen molar-refractivity contribution >= 4 is 47.5 Å². The summed E-state index contributed by atoms with van der Waals surface area (Å²) in [6.07, 6.45) is 6.12. The highest BCUT2D eigenvalue weighted by Gasteiger charge is 2.49. The molecule has 296 valence electrons. The average molecular weight is 766 g/mol. The van der Waals surface area contributed by atoms with E-state index in [-0.39, 0.29) is 22.4 Å². The van der Waals surface area contributed by atoms with Crippen LogP contribution >= 0.6 is 0 Å². The Balaban J connectivity index is 1.87. The number of phenols is 1. The number of rotatable bonds is 15. The first kappa shape index (κ1) is 43.7. The molecule has 0 bridgehead atoms. The lowest BCUT2D eigenvalue weighted by atomic mass is 9.79. The van der Waals surface area contributed by atoms with Crippen molar-refractivity contribution in [3.05, 3.63) is 70.0 Å². The molecule has 0 unspecified atom stereocenters. The third-order valence-electron chi connectivity index (χ3n) is 9.48. The van der Waals surface area contributed by atoms with Crippen LogP contribution in [0.5, 0.6) is 11.5 Å². The Kier molecular flexibility index (Phi) is 14.0. The molecule has 3 N–H and O–H groups in total. The highest BCUT2D eigenvalue weighted by atomic mass is 16.6. The lowest BCUT2D eigenvalue weighted by Gasteiger charge is -2.39. The second-order valence-electron chi connectivity index (χ2n) is 14.0. The number of aliphatic hydroxyl groups is 1. The van der Waals surface area contributed by atoms with Gasteiger partial charge in [-0.25, -0.2) is 0 Å². The van der Waals surface area contributed by atoms with Crippen molar-refractivity contribution in [3.8, 4) is 11.5 Å². The SMILES string of the molecule is CC(=O)O[C@@H]([C@@H](C)[C@H](OC(C)=O)[C@H](C)/C=C/C=O)[C@H](C)[C@@H](OC(C)=O)[C@@H](C)/C=C/C=C(/C)C(=O)NC1=CC(=O)c2c(c(O)c(C)c3c2C(=O)[C@@](C)(O)O3)C1=O. The summed E-state index contributed by atoms with van der Waals surface area (Å²) in [7, 11) is 0. The quantitative estimate of drug-likeness (QED) is 0.0756. The smallest absolute Gasteiger partial charge is 0.302 e. The van der Waals surface area contributed by atoms with Crippen LogP contribution in [0.15, 0.2) is 47.7 Å². The van der Waals surface area contributed by atoms with Gasteiger partial charge in [0.15, 0.2) is 5.78 Å². The molecule has 15 nitrogen and oxygen atoms in total. The molecule has 0 fully saturated rings. The first-order valence-corrected chi connectivity index (χ1v) is 17.5. The van der Waals surface area contributed by atoms with Crippen molar-refractivity contribution in [1.29, 1.82) is 0 Å². The fraction of sp³-hybridized carbons (Fsp3) is 0.450. The summed E-state index contributed by atoms with van der Waals surface area (Å²) in [5.74, 6) is -10.9. The number of nitrogens with one attached hydrogen (secondary N) is 1. The van der Waals surface area contributed by atoms with Gasteiger partial charge in [-0.05, 0) is 19.9 Å². The van der Waals surface area contributed by atoms with Gasteiger partial charge in [0.05, 0.1) is 22.4 Å². The third kappa shape index (κ3) is 9.70. The fourth-order valence-electron chi connectivity index (χ4n) is 6.77. The number of allylic oxidation sites excluding steroid dienone is 5. The summed E-state index contributed by atoms with van der Waals surface area (Å²) in [5, 5.41) is 23.6. The Morgan fingerprint density at radius 1 is 0.800 bits per heavy atom. The largest absolute Gasteiger partial charge is 0.507 e. The number of carbonyl (C=O) groups excluding carboxylic acids is 8. The molecule has 1 heterocycles. The summed E-state index contributed by atoms with van der Waals surface area (Å²) in [5.41, 5.74) is -1.73. The Morgan fingerprint density at radius 2 is 1.29 bits per heavy atom.